The molecule has 2 heteroatoms. The topological polar surface area (TPSA) is 26.3 Å². The molecule has 0 aliphatic heterocycles. The van der Waals surface area contributed by atoms with Crippen LogP contribution in [0.1, 0.15) is 21.5 Å². The van der Waals surface area contributed by atoms with Crippen LogP contribution in [0.25, 0.3) is 11.1 Å². The van der Waals surface area contributed by atoms with E-state index in [1.807, 2.05) is 60.7 Å². The molecule has 0 saturated heterocycles. The molecule has 23 heavy (non-hydrogen) atoms. The molecular weight excluding hydrogens is 284 g/mol. The van der Waals surface area contributed by atoms with E-state index in [-0.39, 0.29) is 0 Å². The van der Waals surface area contributed by atoms with Crippen molar-refractivity contribution in [2.45, 2.75) is 13.5 Å². The largest absolute Gasteiger partial charge is 0.488 e. The molecule has 2 nitrogen and oxygen atoms in total. The van der Waals surface area contributed by atoms with Gasteiger partial charge >= 0.3 is 0 Å². The van der Waals surface area contributed by atoms with E-state index in [4.69, 9.17) is 4.74 Å². The molecule has 0 aliphatic carbocycles. The van der Waals surface area contributed by atoms with Crippen LogP contribution in [0.3, 0.4) is 0 Å². The molecule has 3 aromatic rings. The van der Waals surface area contributed by atoms with Crippen molar-refractivity contribution in [2.75, 3.05) is 0 Å². The molecule has 0 spiro atoms. The highest BCUT2D eigenvalue weighted by atomic mass is 16.5. The molecule has 0 unspecified atom stereocenters. The molecule has 0 atom stereocenters. The van der Waals surface area contributed by atoms with E-state index in [1.165, 1.54) is 5.56 Å². The zero-order valence-corrected chi connectivity index (χ0v) is 13.0. The van der Waals surface area contributed by atoms with Crippen molar-refractivity contribution in [3.63, 3.8) is 0 Å². The zero-order chi connectivity index (χ0) is 16.1. The lowest BCUT2D eigenvalue weighted by molar-refractivity contribution is 0.111. The first-order chi connectivity index (χ1) is 11.3. The molecule has 0 aliphatic rings. The van der Waals surface area contributed by atoms with Gasteiger partial charge in [-0.3, -0.25) is 4.79 Å². The highest BCUT2D eigenvalue weighted by Gasteiger charge is 2.08. The van der Waals surface area contributed by atoms with Crippen molar-refractivity contribution in [2.24, 2.45) is 0 Å². The Hall–Kier alpha value is -2.87. The van der Waals surface area contributed by atoms with Gasteiger partial charge < -0.3 is 4.74 Å². The van der Waals surface area contributed by atoms with E-state index in [1.54, 1.807) is 0 Å². The summed E-state index contributed by atoms with van der Waals surface area (Å²) in [4.78, 5) is 11.4. The SMILES string of the molecule is Cc1ccccc1-c1ccc(OCc2ccccc2)c(C=O)c1. The molecule has 0 fully saturated rings. The van der Waals surface area contributed by atoms with Gasteiger partial charge in [0.1, 0.15) is 12.4 Å². The Morgan fingerprint density at radius 1 is 0.913 bits per heavy atom. The van der Waals surface area contributed by atoms with Crippen LogP contribution in [-0.4, -0.2) is 6.29 Å². The summed E-state index contributed by atoms with van der Waals surface area (Å²) in [6, 6.07) is 23.8. The van der Waals surface area contributed by atoms with Gasteiger partial charge in [-0.15, -0.1) is 0 Å². The standard InChI is InChI=1S/C21H18O2/c1-16-7-5-6-10-20(16)18-11-12-21(19(13-18)14-22)23-15-17-8-3-2-4-9-17/h2-14H,15H2,1H3. The van der Waals surface area contributed by atoms with E-state index in [0.29, 0.717) is 17.9 Å². The lowest BCUT2D eigenvalue weighted by Gasteiger charge is -2.11. The molecule has 0 amide bonds. The molecule has 0 heterocycles. The average Bonchev–Trinajstić information content (AvgIpc) is 2.61. The van der Waals surface area contributed by atoms with Crippen molar-refractivity contribution in [1.29, 1.82) is 0 Å². The number of hydrogen-bond acceptors (Lipinski definition) is 2. The van der Waals surface area contributed by atoms with Crippen molar-refractivity contribution in [1.82, 2.24) is 0 Å². The molecule has 0 radical (unpaired) electrons. The number of aldehydes is 1. The summed E-state index contributed by atoms with van der Waals surface area (Å²) in [6.45, 7) is 2.52. The first kappa shape index (κ1) is 15.0. The first-order valence-electron chi connectivity index (χ1n) is 7.60. The third kappa shape index (κ3) is 3.49. The molecule has 3 rings (SSSR count). The van der Waals surface area contributed by atoms with Gasteiger partial charge in [-0.2, -0.15) is 0 Å². The Morgan fingerprint density at radius 3 is 2.39 bits per heavy atom. The van der Waals surface area contributed by atoms with Gasteiger partial charge in [0.05, 0.1) is 5.56 Å². The van der Waals surface area contributed by atoms with Gasteiger partial charge in [-0.05, 0) is 41.3 Å². The van der Waals surface area contributed by atoms with Crippen LogP contribution in [0.4, 0.5) is 0 Å². The van der Waals surface area contributed by atoms with Crippen LogP contribution >= 0.6 is 0 Å². The molecular formula is C21H18O2. The second kappa shape index (κ2) is 6.93. The van der Waals surface area contributed by atoms with E-state index >= 15 is 0 Å². The minimum absolute atomic E-state index is 0.450. The number of hydrogen-bond donors (Lipinski definition) is 0. The average molecular weight is 302 g/mol. The van der Waals surface area contributed by atoms with Gasteiger partial charge in [0.25, 0.3) is 0 Å². The summed E-state index contributed by atoms with van der Waals surface area (Å²) in [5, 5.41) is 0. The molecule has 0 aromatic heterocycles. The van der Waals surface area contributed by atoms with Crippen LogP contribution in [0.15, 0.2) is 72.8 Å². The highest BCUT2D eigenvalue weighted by molar-refractivity contribution is 5.83. The van der Waals surface area contributed by atoms with Crippen molar-refractivity contribution in [3.8, 4) is 16.9 Å². The van der Waals surface area contributed by atoms with E-state index in [9.17, 15) is 4.79 Å². The lowest BCUT2D eigenvalue weighted by Crippen LogP contribution is -1.98. The number of aryl methyl sites for hydroxylation is 1. The Kier molecular flexibility index (Phi) is 4.53. The summed E-state index contributed by atoms with van der Waals surface area (Å²) in [5.74, 6) is 0.612. The van der Waals surface area contributed by atoms with Crippen LogP contribution in [0.5, 0.6) is 5.75 Å². The quantitative estimate of drug-likeness (QED) is 0.616. The monoisotopic (exact) mass is 302 g/mol. The Labute approximate surface area is 136 Å². The first-order valence-corrected chi connectivity index (χ1v) is 7.60. The zero-order valence-electron chi connectivity index (χ0n) is 13.0. The molecule has 0 bridgehead atoms. The number of rotatable bonds is 5. The summed E-state index contributed by atoms with van der Waals surface area (Å²) in [5.41, 5.74) is 4.98. The number of benzene rings is 3. The Bertz CT molecular complexity index is 807. The predicted octanol–water partition coefficient (Wildman–Crippen LogP) is 5.05. The van der Waals surface area contributed by atoms with Gasteiger partial charge in [0.2, 0.25) is 0 Å². The van der Waals surface area contributed by atoms with Gasteiger partial charge in [-0.25, -0.2) is 0 Å². The Balaban J connectivity index is 1.86. The molecule has 114 valence electrons. The van der Waals surface area contributed by atoms with Gasteiger partial charge in [0, 0.05) is 0 Å². The van der Waals surface area contributed by atoms with Gasteiger partial charge in [-0.1, -0.05) is 60.7 Å². The summed E-state index contributed by atoms with van der Waals surface area (Å²) in [6.07, 6.45) is 0.849. The molecule has 0 N–H and O–H groups in total. The summed E-state index contributed by atoms with van der Waals surface area (Å²) >= 11 is 0. The van der Waals surface area contributed by atoms with Crippen molar-refractivity contribution in [3.05, 3.63) is 89.5 Å². The fourth-order valence-electron chi connectivity index (χ4n) is 2.57. The third-order valence-electron chi connectivity index (χ3n) is 3.83. The van der Waals surface area contributed by atoms with E-state index < -0.39 is 0 Å². The van der Waals surface area contributed by atoms with Gasteiger partial charge in [0.15, 0.2) is 6.29 Å². The maximum Gasteiger partial charge on any atom is 0.153 e. The minimum Gasteiger partial charge on any atom is -0.488 e. The fourth-order valence-corrected chi connectivity index (χ4v) is 2.57. The third-order valence-corrected chi connectivity index (χ3v) is 3.83. The Morgan fingerprint density at radius 2 is 1.65 bits per heavy atom. The number of carbonyl (C=O) groups is 1. The number of ether oxygens (including phenoxy) is 1. The lowest BCUT2D eigenvalue weighted by atomic mass is 9.99. The normalized spacial score (nSPS) is 10.3. The van der Waals surface area contributed by atoms with Crippen molar-refractivity contribution < 1.29 is 9.53 Å². The number of carbonyl (C=O) groups excluding carboxylic acids is 1. The molecule has 0 saturated carbocycles. The second-order valence-electron chi connectivity index (χ2n) is 5.46. The van der Waals surface area contributed by atoms with E-state index in [0.717, 1.165) is 23.0 Å². The smallest absolute Gasteiger partial charge is 0.153 e. The summed E-state index contributed by atoms with van der Waals surface area (Å²) < 4.78 is 5.80. The highest BCUT2D eigenvalue weighted by Crippen LogP contribution is 2.28. The molecule has 3 aromatic carbocycles. The maximum absolute atomic E-state index is 11.4. The predicted molar refractivity (Wildman–Crippen MR) is 92.8 cm³/mol. The van der Waals surface area contributed by atoms with Crippen molar-refractivity contribution >= 4 is 6.29 Å². The second-order valence-corrected chi connectivity index (χ2v) is 5.46. The minimum atomic E-state index is 0.450. The maximum atomic E-state index is 11.4. The van der Waals surface area contributed by atoms with Crippen LogP contribution in [0, 0.1) is 6.92 Å². The van der Waals surface area contributed by atoms with Crippen LogP contribution < -0.4 is 4.74 Å². The fraction of sp³-hybridized carbons (Fsp3) is 0.0952. The van der Waals surface area contributed by atoms with E-state index in [2.05, 4.69) is 19.1 Å². The van der Waals surface area contributed by atoms with Crippen LogP contribution in [0.2, 0.25) is 0 Å². The van der Waals surface area contributed by atoms with Crippen LogP contribution in [-0.2, 0) is 6.61 Å². The summed E-state index contributed by atoms with van der Waals surface area (Å²) in [7, 11) is 0.